The van der Waals surface area contributed by atoms with Crippen LogP contribution in [-0.4, -0.2) is 54.5 Å². The number of pyridine rings is 5. The van der Waals surface area contributed by atoms with Crippen LogP contribution in [0, 0.1) is 56.7 Å². The molecular formula is C90H57BrCl7N15O5S5. The molecule has 5 N–H and O–H groups in total. The molecule has 10 aromatic heterocycles. The van der Waals surface area contributed by atoms with Gasteiger partial charge in [-0.05, 0) is 189 Å². The number of aromatic nitrogens is 5. The first-order valence-electron chi connectivity index (χ1n) is 36.0. The van der Waals surface area contributed by atoms with Crippen LogP contribution in [0.4, 0.5) is 25.0 Å². The third kappa shape index (κ3) is 26.1. The average molecular weight is 1920 g/mol. The molecule has 15 rings (SSSR count). The Hall–Kier alpha value is -12.3. The number of hydrogen-bond acceptors (Lipinski definition) is 20. The first kappa shape index (κ1) is 91.4. The summed E-state index contributed by atoms with van der Waals surface area (Å²) in [6, 6.07) is 68.0. The van der Waals surface area contributed by atoms with Crippen molar-refractivity contribution in [3.63, 3.8) is 0 Å². The standard InChI is InChI=1S/C18H12BrN3OS.3C18H11Cl2N3OS.C18H12ClN3OS/c19-15-4-2-1-3-13(15)10-17(23)22-18-14(11-20)9-16(24-18)12-5-7-21-8-6-12;19-14-2-1-12(15(20)9-14)8-17(24)23-18-13(10-21)7-16(25-18)11-3-5-22-6-4-11;19-14-2-1-3-15(20)13(14)9-17(24)23-18-12(10-21)8-16(25-18)11-4-6-22-7-5-11;19-14-3-1-2-12(17(14)20)9-16(24)23-18-13(10-21)8-15(25-18)11-4-6-22-7-5-11;19-15-4-2-1-3-13(15)10-17(23)22-18-14(11-20)9-16(24-18)12-5-7-21-8-6-12/h1-9H,10H2,(H,22,23);1-7,9H,8H2,(H,23,24);2*1-8H,9H2,(H,23,24);1-9H,10H2,(H,22,23). The Kier molecular flexibility index (Phi) is 33.8. The molecule has 0 saturated carbocycles. The van der Waals surface area contributed by atoms with Gasteiger partial charge in [0.2, 0.25) is 29.5 Å². The van der Waals surface area contributed by atoms with Crippen LogP contribution >= 0.6 is 154 Å². The van der Waals surface area contributed by atoms with Crippen molar-refractivity contribution in [2.75, 3.05) is 26.6 Å². The van der Waals surface area contributed by atoms with Crippen LogP contribution in [0.15, 0.2) is 261 Å². The number of anilines is 5. The van der Waals surface area contributed by atoms with Gasteiger partial charge in [0.25, 0.3) is 0 Å². The van der Waals surface area contributed by atoms with Gasteiger partial charge < -0.3 is 26.6 Å². The molecule has 123 heavy (non-hydrogen) atoms. The molecule has 20 nitrogen and oxygen atoms in total. The van der Waals surface area contributed by atoms with Gasteiger partial charge in [-0.3, -0.25) is 48.9 Å². The lowest BCUT2D eigenvalue weighted by Crippen LogP contribution is -2.14. The number of rotatable bonds is 20. The topological polar surface area (TPSA) is 329 Å². The summed E-state index contributed by atoms with van der Waals surface area (Å²) >= 11 is 52.5. The highest BCUT2D eigenvalue weighted by Crippen LogP contribution is 2.41. The van der Waals surface area contributed by atoms with Crippen molar-refractivity contribution in [3.8, 4) is 82.5 Å². The normalized spacial score (nSPS) is 10.2. The maximum absolute atomic E-state index is 12.4. The molecule has 0 bridgehead atoms. The van der Waals surface area contributed by atoms with E-state index in [1.165, 1.54) is 56.7 Å². The number of nitriles is 5. The molecular weight excluding hydrogens is 1860 g/mol. The summed E-state index contributed by atoms with van der Waals surface area (Å²) < 4.78 is 0.893. The van der Waals surface area contributed by atoms with Crippen LogP contribution in [0.25, 0.3) is 52.2 Å². The van der Waals surface area contributed by atoms with Gasteiger partial charge >= 0.3 is 0 Å². The molecule has 5 amide bonds. The second kappa shape index (κ2) is 45.5. The van der Waals surface area contributed by atoms with Crippen molar-refractivity contribution in [2.45, 2.75) is 32.1 Å². The van der Waals surface area contributed by atoms with Gasteiger partial charge in [-0.2, -0.15) is 26.3 Å². The third-order valence-corrected chi connectivity index (χ3v) is 25.9. The minimum absolute atomic E-state index is 0.0336. The average Bonchev–Trinajstić information content (AvgIpc) is 1.72. The fraction of sp³-hybridized carbons (Fsp3) is 0.0556. The molecule has 0 radical (unpaired) electrons. The van der Waals surface area contributed by atoms with Crippen LogP contribution in [-0.2, 0) is 56.1 Å². The smallest absolute Gasteiger partial charge is 0.229 e. The van der Waals surface area contributed by atoms with Gasteiger partial charge in [0.15, 0.2) is 0 Å². The Morgan fingerprint density at radius 2 is 0.561 bits per heavy atom. The number of thiophene rings is 5. The van der Waals surface area contributed by atoms with Crippen molar-refractivity contribution >= 4 is 208 Å². The number of halogens is 8. The van der Waals surface area contributed by atoms with E-state index >= 15 is 0 Å². The molecule has 5 aromatic carbocycles. The number of nitrogens with zero attached hydrogens (tertiary/aromatic N) is 10. The molecule has 33 heteroatoms. The van der Waals surface area contributed by atoms with E-state index in [-0.39, 0.29) is 61.6 Å². The number of carbonyl (C=O) groups excluding carboxylic acids is 5. The van der Waals surface area contributed by atoms with Crippen LogP contribution < -0.4 is 26.6 Å². The molecule has 608 valence electrons. The molecule has 0 aliphatic carbocycles. The van der Waals surface area contributed by atoms with Gasteiger partial charge in [0, 0.05) is 116 Å². The minimum Gasteiger partial charge on any atom is -0.316 e. The lowest BCUT2D eigenvalue weighted by molar-refractivity contribution is -0.116. The highest BCUT2D eigenvalue weighted by molar-refractivity contribution is 9.10. The summed E-state index contributed by atoms with van der Waals surface area (Å²) in [5.74, 6) is -1.15. The van der Waals surface area contributed by atoms with E-state index in [1.807, 2.05) is 103 Å². The second-order valence-corrected chi connectivity index (χ2v) is 34.4. The maximum Gasteiger partial charge on any atom is 0.229 e. The Morgan fingerprint density at radius 1 is 0.293 bits per heavy atom. The first-order valence-corrected chi connectivity index (χ1v) is 43.6. The van der Waals surface area contributed by atoms with Gasteiger partial charge in [0.1, 0.15) is 55.4 Å². The van der Waals surface area contributed by atoms with Gasteiger partial charge in [-0.15, -0.1) is 56.7 Å². The van der Waals surface area contributed by atoms with E-state index in [2.05, 4.69) is 97.8 Å². The van der Waals surface area contributed by atoms with Crippen molar-refractivity contribution in [2.24, 2.45) is 0 Å². The molecule has 0 fully saturated rings. The van der Waals surface area contributed by atoms with E-state index in [1.54, 1.807) is 153 Å². The SMILES string of the molecule is N#Cc1cc(-c2ccncc2)sc1NC(=O)Cc1c(Cl)cccc1Cl.N#Cc1cc(-c2ccncc2)sc1NC(=O)Cc1ccc(Cl)cc1Cl.N#Cc1cc(-c2ccncc2)sc1NC(=O)Cc1cccc(Cl)c1Cl.N#Cc1cc(-c2ccncc2)sc1NC(=O)Cc1ccccc1Br.N#Cc1cc(-c2ccncc2)sc1NC(=O)Cc1ccccc1Cl. The van der Waals surface area contributed by atoms with E-state index < -0.39 is 0 Å². The molecule has 0 aliphatic heterocycles. The van der Waals surface area contributed by atoms with E-state index in [0.717, 1.165) is 67.8 Å². The van der Waals surface area contributed by atoms with Crippen molar-refractivity contribution in [1.29, 1.82) is 26.3 Å². The number of hydrogen-bond donors (Lipinski definition) is 5. The van der Waals surface area contributed by atoms with Crippen LogP contribution in [0.1, 0.15) is 55.6 Å². The summed E-state index contributed by atoms with van der Waals surface area (Å²) in [7, 11) is 0. The maximum atomic E-state index is 12.4. The molecule has 0 spiro atoms. The van der Waals surface area contributed by atoms with Crippen molar-refractivity contribution < 1.29 is 24.0 Å². The molecule has 0 unspecified atom stereocenters. The summed E-state index contributed by atoms with van der Waals surface area (Å²) in [6.07, 6.45) is 17.5. The highest BCUT2D eigenvalue weighted by atomic mass is 79.9. The fourth-order valence-electron chi connectivity index (χ4n) is 11.2. The molecule has 0 saturated heterocycles. The second-order valence-electron chi connectivity index (χ2n) is 25.5. The van der Waals surface area contributed by atoms with E-state index in [9.17, 15) is 50.3 Å². The predicted octanol–water partition coefficient (Wildman–Crippen LogP) is 24.7. The Labute approximate surface area is 769 Å². The molecule has 15 aromatic rings. The Bertz CT molecular complexity index is 6380. The third-order valence-electron chi connectivity index (χ3n) is 17.1. The fourth-order valence-corrected chi connectivity index (χ4v) is 18.3. The van der Waals surface area contributed by atoms with Crippen LogP contribution in [0.5, 0.6) is 0 Å². The summed E-state index contributed by atoms with van der Waals surface area (Å²) in [5.41, 5.74) is 10.4. The molecule has 0 atom stereocenters. The largest absolute Gasteiger partial charge is 0.316 e. The summed E-state index contributed by atoms with van der Waals surface area (Å²) in [4.78, 5) is 86.0. The van der Waals surface area contributed by atoms with Crippen LogP contribution in [0.3, 0.4) is 0 Å². The molecule has 0 aliphatic rings. The lowest BCUT2D eigenvalue weighted by atomic mass is 10.1. The summed E-state index contributed by atoms with van der Waals surface area (Å²) in [5, 5.41) is 66.4. The number of amides is 5. The van der Waals surface area contributed by atoms with Crippen LogP contribution in [0.2, 0.25) is 35.2 Å². The van der Waals surface area contributed by atoms with Crippen molar-refractivity contribution in [3.05, 3.63) is 351 Å². The lowest BCUT2D eigenvalue weighted by Gasteiger charge is -2.07. The van der Waals surface area contributed by atoms with Gasteiger partial charge in [0.05, 0.1) is 70.0 Å². The van der Waals surface area contributed by atoms with Crippen molar-refractivity contribution in [1.82, 2.24) is 24.9 Å². The Balaban J connectivity index is 0.000000150. The number of carbonyl (C=O) groups is 5. The first-order chi connectivity index (χ1) is 59.6. The number of nitrogens with one attached hydrogen (secondary N) is 5. The van der Waals surface area contributed by atoms with Gasteiger partial charge in [-0.25, -0.2) is 0 Å². The quantitative estimate of drug-likeness (QED) is 0.0473. The predicted molar refractivity (Wildman–Crippen MR) is 498 cm³/mol. The van der Waals surface area contributed by atoms with E-state index in [0.29, 0.717) is 105 Å². The number of benzene rings is 5. The zero-order chi connectivity index (χ0) is 87.3. The minimum atomic E-state index is -0.283. The highest BCUT2D eigenvalue weighted by Gasteiger charge is 2.22. The Morgan fingerprint density at radius 3 is 0.886 bits per heavy atom. The zero-order valence-electron chi connectivity index (χ0n) is 63.4. The van der Waals surface area contributed by atoms with Gasteiger partial charge in [-0.1, -0.05) is 158 Å². The monoisotopic (exact) mass is 1910 g/mol. The van der Waals surface area contributed by atoms with E-state index in [4.69, 9.17) is 81.2 Å². The zero-order valence-corrected chi connectivity index (χ0v) is 74.3. The molecule has 10 heterocycles. The summed E-state index contributed by atoms with van der Waals surface area (Å²) in [6.45, 7) is 0.